The zero-order chi connectivity index (χ0) is 16.4. The lowest BCUT2D eigenvalue weighted by Gasteiger charge is -2.35. The van der Waals surface area contributed by atoms with Crippen LogP contribution >= 0.6 is 0 Å². The minimum absolute atomic E-state index is 0.0582. The van der Waals surface area contributed by atoms with Crippen LogP contribution in [0.4, 0.5) is 5.82 Å². The maximum atomic E-state index is 12.4. The fourth-order valence-corrected chi connectivity index (χ4v) is 3.07. The summed E-state index contributed by atoms with van der Waals surface area (Å²) in [6, 6.07) is 3.60. The third-order valence-electron chi connectivity index (χ3n) is 4.40. The molecule has 0 bridgehead atoms. The molecular weight excluding hydrogens is 294 g/mol. The number of piperidine rings is 1. The fraction of sp³-hybridized carbons (Fsp3) is 0.562. The Labute approximate surface area is 135 Å². The molecule has 1 fully saturated rings. The lowest BCUT2D eigenvalue weighted by molar-refractivity contribution is -0.121. The van der Waals surface area contributed by atoms with Crippen LogP contribution in [0.25, 0.3) is 0 Å². The summed E-state index contributed by atoms with van der Waals surface area (Å²) in [6.45, 7) is 7.50. The lowest BCUT2D eigenvalue weighted by Crippen LogP contribution is -2.46. The molecule has 2 aromatic heterocycles. The number of amides is 1. The number of carbonyl (C=O) groups is 1. The molecule has 0 spiro atoms. The first-order valence-corrected chi connectivity index (χ1v) is 8.03. The summed E-state index contributed by atoms with van der Waals surface area (Å²) in [7, 11) is 0. The molecule has 2 N–H and O–H groups in total. The first kappa shape index (κ1) is 15.7. The first-order chi connectivity index (χ1) is 11.0. The number of carbonyl (C=O) groups excluding carboxylic acids is 1. The molecule has 1 aliphatic heterocycles. The van der Waals surface area contributed by atoms with Gasteiger partial charge in [-0.3, -0.25) is 14.8 Å². The van der Waals surface area contributed by atoms with E-state index in [1.54, 1.807) is 13.0 Å². The van der Waals surface area contributed by atoms with Crippen LogP contribution in [0.15, 0.2) is 16.7 Å². The molecule has 0 saturated carbocycles. The molecule has 3 rings (SSSR count). The summed E-state index contributed by atoms with van der Waals surface area (Å²) in [5.41, 5.74) is 2.16. The average molecular weight is 317 g/mol. The van der Waals surface area contributed by atoms with E-state index in [2.05, 4.69) is 31.6 Å². The van der Waals surface area contributed by atoms with Crippen LogP contribution in [0.3, 0.4) is 0 Å². The van der Waals surface area contributed by atoms with Gasteiger partial charge >= 0.3 is 0 Å². The second-order valence-corrected chi connectivity index (χ2v) is 6.30. The standard InChI is InChI=1S/C16H23N5O2/c1-10-7-14(19-18-10)13-5-4-6-21(9-13)12(3)16(22)17-15-8-11(2)23-20-15/h7-8,12-13H,4-6,9H2,1-3H3,(H,18,19)(H,17,20,22)/t12-,13+/m1/s1. The molecule has 7 nitrogen and oxygen atoms in total. The van der Waals surface area contributed by atoms with Gasteiger partial charge in [0.15, 0.2) is 5.82 Å². The normalized spacial score (nSPS) is 20.4. The molecule has 124 valence electrons. The van der Waals surface area contributed by atoms with Crippen LogP contribution in [-0.2, 0) is 4.79 Å². The Bertz CT molecular complexity index is 678. The van der Waals surface area contributed by atoms with Crippen LogP contribution < -0.4 is 5.32 Å². The molecule has 3 heterocycles. The van der Waals surface area contributed by atoms with E-state index >= 15 is 0 Å². The topological polar surface area (TPSA) is 87.1 Å². The Morgan fingerprint density at radius 2 is 2.30 bits per heavy atom. The predicted molar refractivity (Wildman–Crippen MR) is 86.2 cm³/mol. The third kappa shape index (κ3) is 3.61. The summed E-state index contributed by atoms with van der Waals surface area (Å²) in [4.78, 5) is 14.6. The number of aromatic nitrogens is 3. The first-order valence-electron chi connectivity index (χ1n) is 8.03. The Balaban J connectivity index is 1.62. The van der Waals surface area contributed by atoms with Gasteiger partial charge in [0.2, 0.25) is 5.91 Å². The monoisotopic (exact) mass is 317 g/mol. The summed E-state index contributed by atoms with van der Waals surface area (Å²) in [6.07, 6.45) is 2.18. The van der Waals surface area contributed by atoms with Crippen molar-refractivity contribution >= 4 is 11.7 Å². The smallest absolute Gasteiger partial charge is 0.242 e. The molecule has 2 atom stereocenters. The van der Waals surface area contributed by atoms with Gasteiger partial charge in [-0.05, 0) is 46.2 Å². The molecule has 0 aliphatic carbocycles. The summed E-state index contributed by atoms with van der Waals surface area (Å²) in [5, 5.41) is 14.0. The minimum Gasteiger partial charge on any atom is -0.360 e. The number of nitrogens with zero attached hydrogens (tertiary/aromatic N) is 3. The minimum atomic E-state index is -0.213. The van der Waals surface area contributed by atoms with E-state index in [9.17, 15) is 4.79 Å². The van der Waals surface area contributed by atoms with Gasteiger partial charge in [-0.1, -0.05) is 5.16 Å². The molecule has 1 aliphatic rings. The number of nitrogens with one attached hydrogen (secondary N) is 2. The van der Waals surface area contributed by atoms with Gasteiger partial charge in [-0.25, -0.2) is 0 Å². The average Bonchev–Trinajstić information content (AvgIpc) is 3.15. The van der Waals surface area contributed by atoms with Crippen molar-refractivity contribution in [3.63, 3.8) is 0 Å². The van der Waals surface area contributed by atoms with E-state index in [1.807, 2.05) is 13.8 Å². The lowest BCUT2D eigenvalue weighted by atomic mass is 9.93. The van der Waals surface area contributed by atoms with E-state index in [-0.39, 0.29) is 11.9 Å². The van der Waals surface area contributed by atoms with Crippen LogP contribution in [0.1, 0.15) is 42.8 Å². The molecule has 2 aromatic rings. The SMILES string of the molecule is Cc1cc([C@H]2CCCN([C@H](C)C(=O)Nc3cc(C)on3)C2)n[nH]1. The highest BCUT2D eigenvalue weighted by molar-refractivity contribution is 5.93. The highest BCUT2D eigenvalue weighted by Crippen LogP contribution is 2.27. The molecule has 0 unspecified atom stereocenters. The van der Waals surface area contributed by atoms with Crippen LogP contribution in [0.5, 0.6) is 0 Å². The van der Waals surface area contributed by atoms with E-state index < -0.39 is 0 Å². The van der Waals surface area contributed by atoms with Gasteiger partial charge in [0, 0.05) is 24.2 Å². The van der Waals surface area contributed by atoms with Crippen molar-refractivity contribution in [2.75, 3.05) is 18.4 Å². The molecular formula is C16H23N5O2. The van der Waals surface area contributed by atoms with Crippen molar-refractivity contribution in [3.05, 3.63) is 29.3 Å². The second-order valence-electron chi connectivity index (χ2n) is 6.30. The van der Waals surface area contributed by atoms with Gasteiger partial charge < -0.3 is 9.84 Å². The number of anilines is 1. The fourth-order valence-electron chi connectivity index (χ4n) is 3.07. The molecule has 1 amide bonds. The van der Waals surface area contributed by atoms with Gasteiger partial charge in [-0.2, -0.15) is 5.10 Å². The largest absolute Gasteiger partial charge is 0.360 e. The van der Waals surface area contributed by atoms with E-state index in [0.29, 0.717) is 17.5 Å². The van der Waals surface area contributed by atoms with Crippen molar-refractivity contribution in [1.29, 1.82) is 0 Å². The van der Waals surface area contributed by atoms with Crippen LogP contribution in [-0.4, -0.2) is 45.3 Å². The summed E-state index contributed by atoms with van der Waals surface area (Å²) < 4.78 is 4.98. The number of hydrogen-bond acceptors (Lipinski definition) is 5. The van der Waals surface area contributed by atoms with Crippen molar-refractivity contribution in [2.24, 2.45) is 0 Å². The molecule has 23 heavy (non-hydrogen) atoms. The van der Waals surface area contributed by atoms with Gasteiger partial charge in [0.05, 0.1) is 11.7 Å². The number of likely N-dealkylation sites (tertiary alicyclic amines) is 1. The Hall–Kier alpha value is -2.15. The van der Waals surface area contributed by atoms with Crippen molar-refractivity contribution in [1.82, 2.24) is 20.3 Å². The molecule has 0 aromatic carbocycles. The van der Waals surface area contributed by atoms with Crippen molar-refractivity contribution in [2.45, 2.75) is 45.6 Å². The van der Waals surface area contributed by atoms with Crippen molar-refractivity contribution < 1.29 is 9.32 Å². The van der Waals surface area contributed by atoms with Gasteiger partial charge in [0.25, 0.3) is 0 Å². The molecule has 0 radical (unpaired) electrons. The Morgan fingerprint density at radius 3 is 2.96 bits per heavy atom. The Morgan fingerprint density at radius 1 is 1.48 bits per heavy atom. The van der Waals surface area contributed by atoms with E-state index in [1.165, 1.54) is 0 Å². The Kier molecular flexibility index (Phi) is 4.47. The zero-order valence-corrected chi connectivity index (χ0v) is 13.8. The summed E-state index contributed by atoms with van der Waals surface area (Å²) in [5.74, 6) is 1.46. The van der Waals surface area contributed by atoms with Crippen molar-refractivity contribution in [3.8, 4) is 0 Å². The predicted octanol–water partition coefficient (Wildman–Crippen LogP) is 2.22. The summed E-state index contributed by atoms with van der Waals surface area (Å²) >= 11 is 0. The number of aromatic amines is 1. The maximum absolute atomic E-state index is 12.4. The number of rotatable bonds is 4. The second kappa shape index (κ2) is 6.54. The highest BCUT2D eigenvalue weighted by Gasteiger charge is 2.29. The van der Waals surface area contributed by atoms with E-state index in [0.717, 1.165) is 37.3 Å². The van der Waals surface area contributed by atoms with E-state index in [4.69, 9.17) is 4.52 Å². The highest BCUT2D eigenvalue weighted by atomic mass is 16.5. The maximum Gasteiger partial charge on any atom is 0.242 e. The van der Waals surface area contributed by atoms with Gasteiger partial charge in [0.1, 0.15) is 5.76 Å². The molecule has 7 heteroatoms. The zero-order valence-electron chi connectivity index (χ0n) is 13.8. The third-order valence-corrected chi connectivity index (χ3v) is 4.40. The van der Waals surface area contributed by atoms with Gasteiger partial charge in [-0.15, -0.1) is 0 Å². The number of aryl methyl sites for hydroxylation is 2. The number of H-pyrrole nitrogens is 1. The quantitative estimate of drug-likeness (QED) is 0.903. The number of hydrogen-bond donors (Lipinski definition) is 2. The van der Waals surface area contributed by atoms with Crippen LogP contribution in [0.2, 0.25) is 0 Å². The van der Waals surface area contributed by atoms with Crippen LogP contribution in [0, 0.1) is 13.8 Å². The molecule has 1 saturated heterocycles.